The van der Waals surface area contributed by atoms with E-state index in [1.807, 2.05) is 18.7 Å². The smallest absolute Gasteiger partial charge is 0.309 e. The minimum atomic E-state index is -1.18. The number of carboxylic acid groups (broad SMARTS) is 1. The topological polar surface area (TPSA) is 147 Å². The lowest BCUT2D eigenvalue weighted by atomic mass is 9.33. The number of primary amides is 1. The largest absolute Gasteiger partial charge is 0.481 e. The Labute approximate surface area is 306 Å². The molecule has 0 heterocycles. The second-order valence-electron chi connectivity index (χ2n) is 20.1. The summed E-state index contributed by atoms with van der Waals surface area (Å²) in [6, 6.07) is 0.0243. The number of carbonyl (C=O) groups excluding carboxylic acids is 3. The third kappa shape index (κ3) is 6.22. The maximum atomic E-state index is 14.0. The number of carbonyl (C=O) groups is 4. The number of fused-ring (bicyclic) bond motifs is 7. The van der Waals surface area contributed by atoms with E-state index in [1.165, 1.54) is 5.57 Å². The van der Waals surface area contributed by atoms with Crippen LogP contribution in [0.4, 0.5) is 0 Å². The predicted molar refractivity (Wildman–Crippen MR) is 197 cm³/mol. The van der Waals surface area contributed by atoms with Gasteiger partial charge in [0.05, 0.1) is 24.5 Å². The maximum Gasteiger partial charge on any atom is 0.309 e. The van der Waals surface area contributed by atoms with Crippen molar-refractivity contribution in [1.82, 2.24) is 4.90 Å². The molecule has 0 spiro atoms. The van der Waals surface area contributed by atoms with Gasteiger partial charge >= 0.3 is 11.9 Å². The van der Waals surface area contributed by atoms with Gasteiger partial charge in [0, 0.05) is 29.8 Å². The number of nitrogens with two attached hydrogens (primary N) is 1. The lowest BCUT2D eigenvalue weighted by Gasteiger charge is -2.72. The van der Waals surface area contributed by atoms with E-state index < -0.39 is 34.8 Å². The quantitative estimate of drug-likeness (QED) is 0.195. The van der Waals surface area contributed by atoms with Crippen molar-refractivity contribution in [2.24, 2.45) is 61.9 Å². The number of Topliss-reactive ketones (excluding diaryl/α,β-unsaturated/α-hetero) is 1. The number of ketones is 1. The van der Waals surface area contributed by atoms with Crippen LogP contribution in [0.1, 0.15) is 140 Å². The van der Waals surface area contributed by atoms with E-state index in [0.717, 1.165) is 56.9 Å². The Morgan fingerprint density at radius 2 is 1.57 bits per heavy atom. The van der Waals surface area contributed by atoms with Crippen molar-refractivity contribution in [3.05, 3.63) is 11.1 Å². The molecule has 0 aromatic heterocycles. The number of aliphatic carboxylic acids is 1. The van der Waals surface area contributed by atoms with Gasteiger partial charge < -0.3 is 20.7 Å². The Kier molecular flexibility index (Phi) is 10.4. The lowest BCUT2D eigenvalue weighted by molar-refractivity contribution is -0.235. The summed E-state index contributed by atoms with van der Waals surface area (Å²) in [7, 11) is 0. The van der Waals surface area contributed by atoms with Gasteiger partial charge in [0.15, 0.2) is 5.78 Å². The van der Waals surface area contributed by atoms with Gasteiger partial charge in [0.1, 0.15) is 6.10 Å². The highest BCUT2D eigenvalue weighted by Crippen LogP contribution is 2.77. The Bertz CT molecular complexity index is 1460. The van der Waals surface area contributed by atoms with Crippen molar-refractivity contribution < 1.29 is 34.1 Å². The Morgan fingerprint density at radius 3 is 2.14 bits per heavy atom. The number of amides is 1. The number of aliphatic hydroxyl groups is 1. The Morgan fingerprint density at radius 1 is 0.922 bits per heavy atom. The van der Waals surface area contributed by atoms with Crippen molar-refractivity contribution in [1.29, 1.82) is 0 Å². The molecule has 0 aromatic carbocycles. The van der Waals surface area contributed by atoms with Crippen LogP contribution in [0.3, 0.4) is 0 Å². The number of ether oxygens (including phenoxy) is 1. The molecule has 4 saturated carbocycles. The minimum Gasteiger partial charge on any atom is -0.481 e. The second-order valence-corrected chi connectivity index (χ2v) is 20.1. The van der Waals surface area contributed by atoms with Crippen molar-refractivity contribution in [2.45, 2.75) is 159 Å². The molecule has 1 unspecified atom stereocenters. The normalized spacial score (nSPS) is 38.2. The molecule has 9 atom stereocenters. The fourth-order valence-corrected chi connectivity index (χ4v) is 13.0. The standard InChI is InChI=1S/C42H68N2O7/c1-24(2)34-27(45)20-42(30(46)22-44(25(3)4)23-32(43)47)19-18-40(10)26(35(34)42)12-13-29-39(9)16-15-31(51-33(48)21-37(5,6)36(49)50)38(7,8)28(39)14-17-41(29,40)11/h24-26,28-31,46H,12-23H2,1-11H3,(H2,43,47)(H,49,50)/t26?,28-,29+,30-,31-,39-,40+,41+,42-/m0/s1. The van der Waals surface area contributed by atoms with Crippen molar-refractivity contribution >= 4 is 23.6 Å². The van der Waals surface area contributed by atoms with Crippen LogP contribution >= 0.6 is 0 Å². The average molecular weight is 713 g/mol. The summed E-state index contributed by atoms with van der Waals surface area (Å²) in [5.74, 6) is -0.616. The van der Waals surface area contributed by atoms with Crippen LogP contribution in [0.2, 0.25) is 0 Å². The highest BCUT2D eigenvalue weighted by molar-refractivity contribution is 6.00. The molecule has 5 aliphatic carbocycles. The first-order valence-electron chi connectivity index (χ1n) is 19.8. The van der Waals surface area contributed by atoms with Crippen LogP contribution in [-0.2, 0) is 23.9 Å². The fourth-order valence-electron chi connectivity index (χ4n) is 13.0. The van der Waals surface area contributed by atoms with Crippen LogP contribution in [0.5, 0.6) is 0 Å². The SMILES string of the molecule is CC(C)C1=C2C3CC[C@@H]4[C@@]5(C)CC[C@H](OC(=O)CC(C)(C)C(=O)O)C(C)(C)[C@@H]5CC[C@@]4(C)[C@]3(C)CC[C@@]2([C@@H](O)CN(CC(N)=O)C(C)C)CC1=O. The van der Waals surface area contributed by atoms with Gasteiger partial charge in [-0.15, -0.1) is 0 Å². The van der Waals surface area contributed by atoms with Crippen LogP contribution < -0.4 is 5.73 Å². The molecule has 0 bridgehead atoms. The van der Waals surface area contributed by atoms with E-state index in [2.05, 4.69) is 48.5 Å². The molecule has 5 rings (SSSR count). The third-order valence-electron chi connectivity index (χ3n) is 16.0. The first kappa shape index (κ1) is 39.9. The number of allylic oxidation sites excluding steroid dienone is 1. The highest BCUT2D eigenvalue weighted by Gasteiger charge is 2.71. The summed E-state index contributed by atoms with van der Waals surface area (Å²) >= 11 is 0. The molecular formula is C42H68N2O7. The zero-order valence-corrected chi connectivity index (χ0v) is 33.5. The average Bonchev–Trinajstić information content (AvgIpc) is 3.31. The van der Waals surface area contributed by atoms with Gasteiger partial charge in [-0.25, -0.2) is 0 Å². The summed E-state index contributed by atoms with van der Waals surface area (Å²) in [6.45, 7) is 23.8. The molecule has 1 amide bonds. The molecule has 9 heteroatoms. The highest BCUT2D eigenvalue weighted by atomic mass is 16.5. The lowest BCUT2D eigenvalue weighted by Crippen LogP contribution is -2.66. The number of hydrogen-bond acceptors (Lipinski definition) is 7. The molecule has 288 valence electrons. The molecule has 0 aliphatic heterocycles. The van der Waals surface area contributed by atoms with Crippen LogP contribution in [0.15, 0.2) is 11.1 Å². The van der Waals surface area contributed by atoms with Gasteiger partial charge in [-0.3, -0.25) is 24.1 Å². The molecule has 0 saturated heterocycles. The van der Waals surface area contributed by atoms with Crippen molar-refractivity contribution in [3.8, 4) is 0 Å². The first-order valence-corrected chi connectivity index (χ1v) is 19.8. The molecule has 51 heavy (non-hydrogen) atoms. The summed E-state index contributed by atoms with van der Waals surface area (Å²) in [5, 5.41) is 21.8. The van der Waals surface area contributed by atoms with Crippen molar-refractivity contribution in [3.63, 3.8) is 0 Å². The van der Waals surface area contributed by atoms with Crippen LogP contribution in [-0.4, -0.2) is 70.1 Å². The first-order chi connectivity index (χ1) is 23.4. The van der Waals surface area contributed by atoms with Crippen LogP contribution in [0.25, 0.3) is 0 Å². The molecule has 5 aliphatic rings. The van der Waals surface area contributed by atoms with E-state index in [0.29, 0.717) is 24.8 Å². The van der Waals surface area contributed by atoms with E-state index in [-0.39, 0.29) is 64.4 Å². The molecule has 4 fully saturated rings. The fraction of sp³-hybridized carbons (Fsp3) is 0.857. The number of aliphatic hydroxyl groups excluding tert-OH is 1. The van der Waals surface area contributed by atoms with E-state index >= 15 is 0 Å². The second kappa shape index (κ2) is 13.2. The van der Waals surface area contributed by atoms with Gasteiger partial charge in [-0.2, -0.15) is 0 Å². The zero-order chi connectivity index (χ0) is 38.3. The van der Waals surface area contributed by atoms with Gasteiger partial charge in [-0.1, -0.05) is 54.0 Å². The molecule has 0 aromatic rings. The molecule has 4 N–H and O–H groups in total. The van der Waals surface area contributed by atoms with Gasteiger partial charge in [0.25, 0.3) is 0 Å². The molecule has 0 radical (unpaired) electrons. The zero-order valence-electron chi connectivity index (χ0n) is 33.5. The van der Waals surface area contributed by atoms with Crippen LogP contribution in [0, 0.1) is 56.2 Å². The van der Waals surface area contributed by atoms with Crippen molar-refractivity contribution in [2.75, 3.05) is 13.1 Å². The summed E-state index contributed by atoms with van der Waals surface area (Å²) in [5.41, 5.74) is 5.70. The summed E-state index contributed by atoms with van der Waals surface area (Å²) in [6.07, 6.45) is 6.64. The predicted octanol–water partition coefficient (Wildman–Crippen LogP) is 6.94. The molecular weight excluding hydrogens is 644 g/mol. The molecule has 9 nitrogen and oxygen atoms in total. The minimum absolute atomic E-state index is 0.0139. The summed E-state index contributed by atoms with van der Waals surface area (Å²) < 4.78 is 6.15. The van der Waals surface area contributed by atoms with E-state index in [4.69, 9.17) is 10.5 Å². The Balaban J connectivity index is 1.46. The Hall–Kier alpha value is -2.26. The number of hydrogen-bond donors (Lipinski definition) is 3. The number of carboxylic acids is 1. The van der Waals surface area contributed by atoms with Gasteiger partial charge in [0.2, 0.25) is 5.91 Å². The third-order valence-corrected chi connectivity index (χ3v) is 16.0. The van der Waals surface area contributed by atoms with Gasteiger partial charge in [-0.05, 0) is 125 Å². The maximum absolute atomic E-state index is 14.0. The van der Waals surface area contributed by atoms with E-state index in [1.54, 1.807) is 13.8 Å². The number of rotatable bonds is 11. The van der Waals surface area contributed by atoms with E-state index in [9.17, 15) is 29.4 Å². The number of esters is 1. The monoisotopic (exact) mass is 713 g/mol. The number of nitrogens with zero attached hydrogens (tertiary/aromatic N) is 1. The summed E-state index contributed by atoms with van der Waals surface area (Å²) in [4.78, 5) is 52.8.